The van der Waals surface area contributed by atoms with Crippen LogP contribution in [0.5, 0.6) is 0 Å². The number of hydrogen-bond acceptors (Lipinski definition) is 3. The summed E-state index contributed by atoms with van der Waals surface area (Å²) in [4.78, 5) is 11.9. The van der Waals surface area contributed by atoms with Crippen molar-refractivity contribution in [2.24, 2.45) is 10.8 Å². The minimum absolute atomic E-state index is 0.367. The molecular formula is C23H26N4S. The molecule has 2 aliphatic rings. The second-order valence-electron chi connectivity index (χ2n) is 9.69. The molecule has 2 fully saturated rings. The average Bonchev–Trinajstić information content (AvgIpc) is 2.88. The fraction of sp³-hybridized carbons (Fsp3) is 0.435. The average molecular weight is 391 g/mol. The summed E-state index contributed by atoms with van der Waals surface area (Å²) in [6, 6.07) is 14.6. The van der Waals surface area contributed by atoms with E-state index in [1.807, 2.05) is 36.4 Å². The summed E-state index contributed by atoms with van der Waals surface area (Å²) >= 11 is 5.82. The van der Waals surface area contributed by atoms with E-state index >= 15 is 0 Å². The Bertz CT molecular complexity index is 1090. The lowest BCUT2D eigenvalue weighted by Gasteiger charge is -2.39. The van der Waals surface area contributed by atoms with Gasteiger partial charge in [-0.2, -0.15) is 0 Å². The van der Waals surface area contributed by atoms with Crippen LogP contribution in [-0.2, 0) is 0 Å². The predicted octanol–water partition coefficient (Wildman–Crippen LogP) is 5.38. The van der Waals surface area contributed by atoms with Gasteiger partial charge in [0, 0.05) is 18.3 Å². The molecule has 2 aromatic carbocycles. The van der Waals surface area contributed by atoms with Gasteiger partial charge in [-0.25, -0.2) is 9.97 Å². The van der Waals surface area contributed by atoms with Crippen LogP contribution in [0.25, 0.3) is 22.1 Å². The van der Waals surface area contributed by atoms with Crippen molar-refractivity contribution in [1.82, 2.24) is 14.9 Å². The van der Waals surface area contributed by atoms with Crippen LogP contribution in [0.2, 0.25) is 0 Å². The van der Waals surface area contributed by atoms with Gasteiger partial charge in [0.25, 0.3) is 0 Å². The highest BCUT2D eigenvalue weighted by Crippen LogP contribution is 2.52. The molecule has 1 aliphatic heterocycles. The largest absolute Gasteiger partial charge is 0.345 e. The SMILES string of the molecule is CC1(C)C[C@H]2C[C@@](C)(CN2C(=S)Nc2ccc3nc4ccccc4nc3c2)C1. The Morgan fingerprint density at radius 2 is 1.68 bits per heavy atom. The van der Waals surface area contributed by atoms with E-state index < -0.39 is 0 Å². The van der Waals surface area contributed by atoms with Gasteiger partial charge in [-0.3, -0.25) is 0 Å². The van der Waals surface area contributed by atoms with Gasteiger partial charge < -0.3 is 10.2 Å². The fourth-order valence-electron chi connectivity index (χ4n) is 5.59. The van der Waals surface area contributed by atoms with E-state index in [0.29, 0.717) is 16.9 Å². The lowest BCUT2D eigenvalue weighted by atomic mass is 9.65. The maximum absolute atomic E-state index is 5.82. The first-order chi connectivity index (χ1) is 13.3. The normalized spacial score (nSPS) is 26.0. The summed E-state index contributed by atoms with van der Waals surface area (Å²) in [5.74, 6) is 0. The van der Waals surface area contributed by atoms with Gasteiger partial charge >= 0.3 is 0 Å². The van der Waals surface area contributed by atoms with E-state index in [4.69, 9.17) is 22.2 Å². The van der Waals surface area contributed by atoms with Crippen molar-refractivity contribution in [2.75, 3.05) is 11.9 Å². The Balaban J connectivity index is 1.40. The molecule has 5 heteroatoms. The van der Waals surface area contributed by atoms with Crippen LogP contribution < -0.4 is 5.32 Å². The Hall–Kier alpha value is -2.27. The maximum atomic E-state index is 5.82. The summed E-state index contributed by atoms with van der Waals surface area (Å²) < 4.78 is 0. The Morgan fingerprint density at radius 3 is 2.43 bits per heavy atom. The van der Waals surface area contributed by atoms with Crippen molar-refractivity contribution in [3.8, 4) is 0 Å². The van der Waals surface area contributed by atoms with E-state index in [9.17, 15) is 0 Å². The van der Waals surface area contributed by atoms with E-state index in [2.05, 4.69) is 37.1 Å². The molecule has 0 amide bonds. The third-order valence-electron chi connectivity index (χ3n) is 6.27. The molecule has 1 N–H and O–H groups in total. The quantitative estimate of drug-likeness (QED) is 0.446. The second-order valence-corrected chi connectivity index (χ2v) is 10.1. The van der Waals surface area contributed by atoms with Crippen molar-refractivity contribution in [1.29, 1.82) is 0 Å². The lowest BCUT2D eigenvalue weighted by molar-refractivity contribution is 0.132. The van der Waals surface area contributed by atoms with Crippen LogP contribution in [-0.4, -0.2) is 32.6 Å². The number of fused-ring (bicyclic) bond motifs is 4. The minimum atomic E-state index is 0.367. The Morgan fingerprint density at radius 1 is 1.00 bits per heavy atom. The first-order valence-electron chi connectivity index (χ1n) is 10.0. The number of likely N-dealkylation sites (tertiary alicyclic amines) is 1. The summed E-state index contributed by atoms with van der Waals surface area (Å²) in [6.07, 6.45) is 3.72. The van der Waals surface area contributed by atoms with Crippen LogP contribution in [0, 0.1) is 10.8 Å². The second kappa shape index (κ2) is 6.11. The molecule has 0 spiro atoms. The molecular weight excluding hydrogens is 364 g/mol. The van der Waals surface area contributed by atoms with Gasteiger partial charge in [0.2, 0.25) is 0 Å². The first-order valence-corrected chi connectivity index (χ1v) is 10.5. The van der Waals surface area contributed by atoms with Gasteiger partial charge in [-0.05, 0) is 72.6 Å². The Labute approximate surface area is 171 Å². The van der Waals surface area contributed by atoms with Gasteiger partial charge in [-0.1, -0.05) is 32.9 Å². The predicted molar refractivity (Wildman–Crippen MR) is 119 cm³/mol. The van der Waals surface area contributed by atoms with Crippen LogP contribution in [0.1, 0.15) is 40.0 Å². The summed E-state index contributed by atoms with van der Waals surface area (Å²) in [7, 11) is 0. The van der Waals surface area contributed by atoms with Crippen LogP contribution in [0.3, 0.4) is 0 Å². The molecule has 28 heavy (non-hydrogen) atoms. The van der Waals surface area contributed by atoms with Crippen LogP contribution >= 0.6 is 12.2 Å². The monoisotopic (exact) mass is 390 g/mol. The highest BCUT2D eigenvalue weighted by molar-refractivity contribution is 7.80. The number of rotatable bonds is 1. The van der Waals surface area contributed by atoms with Gasteiger partial charge in [-0.15, -0.1) is 0 Å². The molecule has 144 valence electrons. The number of anilines is 1. The maximum Gasteiger partial charge on any atom is 0.173 e. The molecule has 0 radical (unpaired) electrons. The summed E-state index contributed by atoms with van der Waals surface area (Å²) in [5.41, 5.74) is 5.37. The molecule has 1 saturated carbocycles. The summed E-state index contributed by atoms with van der Waals surface area (Å²) in [6.45, 7) is 8.25. The van der Waals surface area contributed by atoms with Gasteiger partial charge in [0.05, 0.1) is 22.1 Å². The molecule has 4 nitrogen and oxygen atoms in total. The van der Waals surface area contributed by atoms with Crippen molar-refractivity contribution in [2.45, 2.75) is 46.1 Å². The minimum Gasteiger partial charge on any atom is -0.345 e. The topological polar surface area (TPSA) is 41.0 Å². The number of nitrogens with one attached hydrogen (secondary N) is 1. The Kier molecular flexibility index (Phi) is 3.89. The smallest absolute Gasteiger partial charge is 0.173 e. The van der Waals surface area contributed by atoms with E-state index in [0.717, 1.165) is 39.4 Å². The molecule has 3 aromatic rings. The summed E-state index contributed by atoms with van der Waals surface area (Å²) in [5, 5.41) is 4.30. The molecule has 2 bridgehead atoms. The highest BCUT2D eigenvalue weighted by Gasteiger charge is 2.50. The number of nitrogens with zero attached hydrogens (tertiary/aromatic N) is 3. The van der Waals surface area contributed by atoms with Crippen molar-refractivity contribution >= 4 is 45.1 Å². The third kappa shape index (κ3) is 3.12. The van der Waals surface area contributed by atoms with Gasteiger partial charge in [0.1, 0.15) is 0 Å². The van der Waals surface area contributed by atoms with Crippen LogP contribution in [0.15, 0.2) is 42.5 Å². The molecule has 1 aliphatic carbocycles. The molecule has 2 atom stereocenters. The molecule has 0 unspecified atom stereocenters. The number of hydrogen-bond donors (Lipinski definition) is 1. The highest BCUT2D eigenvalue weighted by atomic mass is 32.1. The molecule has 5 rings (SSSR count). The number of aromatic nitrogens is 2. The van der Waals surface area contributed by atoms with Gasteiger partial charge in [0.15, 0.2) is 5.11 Å². The molecule has 1 saturated heterocycles. The first kappa shape index (κ1) is 17.8. The van der Waals surface area contributed by atoms with Crippen molar-refractivity contribution < 1.29 is 0 Å². The van der Waals surface area contributed by atoms with E-state index in [1.54, 1.807) is 0 Å². The number of thiocarbonyl (C=S) groups is 1. The van der Waals surface area contributed by atoms with E-state index in [1.165, 1.54) is 19.3 Å². The fourth-order valence-corrected chi connectivity index (χ4v) is 5.92. The standard InChI is InChI=1S/C23H26N4S/c1-22(2)11-16-12-23(3,13-22)14-27(16)21(28)24-15-8-9-19-20(10-15)26-18-7-5-4-6-17(18)25-19/h4-10,16H,11-14H2,1-3H3,(H,24,28)/t16-,23+/m0/s1. The van der Waals surface area contributed by atoms with Crippen LogP contribution in [0.4, 0.5) is 5.69 Å². The molecule has 1 aromatic heterocycles. The zero-order chi connectivity index (χ0) is 19.5. The van der Waals surface area contributed by atoms with Crippen molar-refractivity contribution in [3.05, 3.63) is 42.5 Å². The number of benzene rings is 2. The van der Waals surface area contributed by atoms with E-state index in [-0.39, 0.29) is 0 Å². The molecule has 2 heterocycles. The lowest BCUT2D eigenvalue weighted by Crippen LogP contribution is -2.39. The zero-order valence-corrected chi connectivity index (χ0v) is 17.5. The van der Waals surface area contributed by atoms with Crippen molar-refractivity contribution in [3.63, 3.8) is 0 Å². The third-order valence-corrected chi connectivity index (χ3v) is 6.60. The number of para-hydroxylation sites is 2. The zero-order valence-electron chi connectivity index (χ0n) is 16.7.